The van der Waals surface area contributed by atoms with Gasteiger partial charge in [0, 0.05) is 39.6 Å². The van der Waals surface area contributed by atoms with Crippen LogP contribution in [0.15, 0.2) is 103 Å². The summed E-state index contributed by atoms with van der Waals surface area (Å²) in [4.78, 5) is 15.5. The molecule has 0 atom stereocenters. The first-order valence-corrected chi connectivity index (χ1v) is 11.0. The molecule has 5 aromatic rings. The van der Waals surface area contributed by atoms with Crippen LogP contribution in [0, 0.1) is 0 Å². The van der Waals surface area contributed by atoms with Crippen molar-refractivity contribution in [3.8, 4) is 0 Å². The molecule has 1 aromatic heterocycles. The second-order valence-electron chi connectivity index (χ2n) is 8.08. The van der Waals surface area contributed by atoms with Crippen LogP contribution in [-0.4, -0.2) is 10.4 Å². The summed E-state index contributed by atoms with van der Waals surface area (Å²) in [6.07, 6.45) is 2.02. The first-order chi connectivity index (χ1) is 15.8. The van der Waals surface area contributed by atoms with Crippen molar-refractivity contribution in [3.05, 3.63) is 114 Å². The van der Waals surface area contributed by atoms with Gasteiger partial charge < -0.3 is 9.47 Å². The maximum Gasteiger partial charge on any atom is 0.211 e. The zero-order valence-electron chi connectivity index (χ0n) is 17.8. The van der Waals surface area contributed by atoms with Gasteiger partial charge in [-0.1, -0.05) is 54.6 Å². The van der Waals surface area contributed by atoms with Crippen LogP contribution >= 0.6 is 0 Å². The molecule has 0 fully saturated rings. The first-order valence-electron chi connectivity index (χ1n) is 11.0. The van der Waals surface area contributed by atoms with E-state index < -0.39 is 0 Å². The van der Waals surface area contributed by atoms with E-state index in [4.69, 9.17) is 0 Å². The van der Waals surface area contributed by atoms with Crippen LogP contribution in [0.5, 0.6) is 0 Å². The standard InChI is InChI=1S/C29H22N2O/c1-2-30-25-14-8-6-12-22(25)24-18-20(16-17-26(24)30)19-28-29(32)23-13-7-9-15-27(23)31(28)21-10-4-3-5-11-21/h3-19H,2H2,1H3. The molecule has 3 nitrogen and oxygen atoms in total. The lowest BCUT2D eigenvalue weighted by Crippen LogP contribution is -2.14. The molecule has 0 saturated heterocycles. The average molecular weight is 415 g/mol. The third-order valence-corrected chi connectivity index (χ3v) is 6.29. The summed E-state index contributed by atoms with van der Waals surface area (Å²) in [7, 11) is 0. The molecule has 0 N–H and O–H groups in total. The third kappa shape index (κ3) is 2.71. The number of carbonyl (C=O) groups is 1. The van der Waals surface area contributed by atoms with Crippen LogP contribution in [0.2, 0.25) is 0 Å². The summed E-state index contributed by atoms with van der Waals surface area (Å²) < 4.78 is 2.34. The van der Waals surface area contributed by atoms with Crippen molar-refractivity contribution in [3.63, 3.8) is 0 Å². The molecule has 4 aromatic carbocycles. The minimum Gasteiger partial charge on any atom is -0.341 e. The summed E-state index contributed by atoms with van der Waals surface area (Å²) >= 11 is 0. The topological polar surface area (TPSA) is 25.2 Å². The normalized spacial score (nSPS) is 14.6. The summed E-state index contributed by atoms with van der Waals surface area (Å²) in [5, 5.41) is 2.46. The molecule has 0 saturated carbocycles. The predicted molar refractivity (Wildman–Crippen MR) is 132 cm³/mol. The molecule has 3 heteroatoms. The number of ketones is 1. The number of carbonyl (C=O) groups excluding carboxylic acids is 1. The number of Topliss-reactive ketones (excluding diaryl/α,β-unsaturated/α-hetero) is 1. The first kappa shape index (κ1) is 18.6. The highest BCUT2D eigenvalue weighted by atomic mass is 16.1. The van der Waals surface area contributed by atoms with E-state index in [0.29, 0.717) is 5.70 Å². The van der Waals surface area contributed by atoms with E-state index in [-0.39, 0.29) is 5.78 Å². The second-order valence-corrected chi connectivity index (χ2v) is 8.08. The van der Waals surface area contributed by atoms with E-state index in [0.717, 1.165) is 29.0 Å². The lowest BCUT2D eigenvalue weighted by atomic mass is 10.1. The van der Waals surface area contributed by atoms with Gasteiger partial charge in [0.1, 0.15) is 0 Å². The molecular formula is C29H22N2O. The van der Waals surface area contributed by atoms with Gasteiger partial charge in [-0.2, -0.15) is 0 Å². The number of benzene rings is 4. The number of aromatic nitrogens is 1. The summed E-state index contributed by atoms with van der Waals surface area (Å²) in [5.74, 6) is 0.0561. The van der Waals surface area contributed by atoms with E-state index >= 15 is 0 Å². The number of hydrogen-bond donors (Lipinski definition) is 0. The predicted octanol–water partition coefficient (Wildman–Crippen LogP) is 7.19. The summed E-state index contributed by atoms with van der Waals surface area (Å²) in [6, 6.07) is 32.9. The van der Waals surface area contributed by atoms with Gasteiger partial charge in [0.05, 0.1) is 11.4 Å². The number of hydrogen-bond acceptors (Lipinski definition) is 2. The van der Waals surface area contributed by atoms with Crippen LogP contribution in [0.1, 0.15) is 22.8 Å². The Hall–Kier alpha value is -4.11. The monoisotopic (exact) mass is 414 g/mol. The number of nitrogens with zero attached hydrogens (tertiary/aromatic N) is 2. The lowest BCUT2D eigenvalue weighted by molar-refractivity contribution is 0.104. The largest absolute Gasteiger partial charge is 0.341 e. The van der Waals surface area contributed by atoms with Gasteiger partial charge in [0.25, 0.3) is 0 Å². The lowest BCUT2D eigenvalue weighted by Gasteiger charge is -2.20. The Morgan fingerprint density at radius 2 is 1.47 bits per heavy atom. The Morgan fingerprint density at radius 3 is 2.31 bits per heavy atom. The van der Waals surface area contributed by atoms with Crippen molar-refractivity contribution in [2.45, 2.75) is 13.5 Å². The SMILES string of the molecule is CCn1c2ccccc2c2cc(C=C3C(=O)c4ccccc4N3c3ccccc3)ccc21. The second kappa shape index (κ2) is 7.24. The quantitative estimate of drug-likeness (QED) is 0.292. The van der Waals surface area contributed by atoms with Crippen molar-refractivity contribution in [2.24, 2.45) is 0 Å². The van der Waals surface area contributed by atoms with Gasteiger partial charge in [0.2, 0.25) is 5.78 Å². The number of rotatable bonds is 3. The highest BCUT2D eigenvalue weighted by Crippen LogP contribution is 2.41. The highest BCUT2D eigenvalue weighted by Gasteiger charge is 2.32. The molecule has 32 heavy (non-hydrogen) atoms. The molecule has 154 valence electrons. The van der Waals surface area contributed by atoms with Gasteiger partial charge >= 0.3 is 0 Å². The fraction of sp³-hybridized carbons (Fsp3) is 0.0690. The molecule has 0 bridgehead atoms. The van der Waals surface area contributed by atoms with Crippen molar-refractivity contribution in [2.75, 3.05) is 4.90 Å². The van der Waals surface area contributed by atoms with Crippen molar-refractivity contribution in [1.82, 2.24) is 4.57 Å². The van der Waals surface area contributed by atoms with Crippen LogP contribution in [0.4, 0.5) is 11.4 Å². The number of para-hydroxylation sites is 3. The molecule has 2 heterocycles. The zero-order chi connectivity index (χ0) is 21.7. The van der Waals surface area contributed by atoms with Gasteiger partial charge in [-0.25, -0.2) is 0 Å². The molecule has 0 radical (unpaired) electrons. The highest BCUT2D eigenvalue weighted by molar-refractivity contribution is 6.23. The van der Waals surface area contributed by atoms with Crippen LogP contribution in [0.3, 0.4) is 0 Å². The summed E-state index contributed by atoms with van der Waals surface area (Å²) in [5.41, 5.74) is 6.82. The maximum absolute atomic E-state index is 13.4. The molecule has 1 aliphatic heterocycles. The fourth-order valence-electron chi connectivity index (χ4n) is 4.87. The zero-order valence-corrected chi connectivity index (χ0v) is 17.8. The maximum atomic E-state index is 13.4. The minimum atomic E-state index is 0.0561. The molecule has 0 aliphatic carbocycles. The molecule has 0 unspecified atom stereocenters. The smallest absolute Gasteiger partial charge is 0.211 e. The van der Waals surface area contributed by atoms with Crippen molar-refractivity contribution < 1.29 is 4.79 Å². The van der Waals surface area contributed by atoms with Gasteiger partial charge in [-0.05, 0) is 61.0 Å². The molecular weight excluding hydrogens is 392 g/mol. The van der Waals surface area contributed by atoms with E-state index in [9.17, 15) is 4.79 Å². The molecule has 6 rings (SSSR count). The molecule has 0 spiro atoms. The van der Waals surface area contributed by atoms with Crippen LogP contribution in [0.25, 0.3) is 27.9 Å². The number of aryl methyl sites for hydroxylation is 1. The Morgan fingerprint density at radius 1 is 0.750 bits per heavy atom. The minimum absolute atomic E-state index is 0.0561. The van der Waals surface area contributed by atoms with Crippen LogP contribution in [-0.2, 0) is 6.54 Å². The van der Waals surface area contributed by atoms with Crippen LogP contribution < -0.4 is 4.90 Å². The summed E-state index contributed by atoms with van der Waals surface area (Å²) in [6.45, 7) is 3.09. The van der Waals surface area contributed by atoms with E-state index in [1.165, 1.54) is 21.8 Å². The van der Waals surface area contributed by atoms with Crippen molar-refractivity contribution >= 4 is 45.0 Å². The van der Waals surface area contributed by atoms with E-state index in [1.54, 1.807) is 0 Å². The van der Waals surface area contributed by atoms with Crippen molar-refractivity contribution in [1.29, 1.82) is 0 Å². The Balaban J connectivity index is 1.55. The Bertz CT molecular complexity index is 1530. The number of allylic oxidation sites excluding steroid dienone is 1. The number of fused-ring (bicyclic) bond motifs is 4. The van der Waals surface area contributed by atoms with E-state index in [1.807, 2.05) is 60.7 Å². The Kier molecular flexibility index (Phi) is 4.22. The molecule has 1 aliphatic rings. The average Bonchev–Trinajstić information content (AvgIpc) is 3.31. The van der Waals surface area contributed by atoms with Gasteiger partial charge in [-0.3, -0.25) is 4.79 Å². The fourth-order valence-corrected chi connectivity index (χ4v) is 4.87. The Labute approximate surface area is 186 Å². The van der Waals surface area contributed by atoms with E-state index in [2.05, 4.69) is 58.9 Å². The third-order valence-electron chi connectivity index (χ3n) is 6.29. The number of anilines is 2. The molecule has 0 amide bonds. The van der Waals surface area contributed by atoms with Gasteiger partial charge in [-0.15, -0.1) is 0 Å². The van der Waals surface area contributed by atoms with Gasteiger partial charge in [0.15, 0.2) is 0 Å².